The third-order valence-electron chi connectivity index (χ3n) is 4.92. The zero-order valence-electron chi connectivity index (χ0n) is 14.5. The molecule has 0 saturated carbocycles. The number of ketones is 1. The maximum Gasteiger partial charge on any atom is 0.166 e. The highest BCUT2D eigenvalue weighted by atomic mass is 16.1. The van der Waals surface area contributed by atoms with Crippen molar-refractivity contribution in [2.24, 2.45) is 0 Å². The monoisotopic (exact) mass is 302 g/mol. The fourth-order valence-corrected chi connectivity index (χ4v) is 3.40. The number of benzene rings is 1. The van der Waals surface area contributed by atoms with E-state index in [2.05, 4.69) is 62.0 Å². The van der Waals surface area contributed by atoms with Gasteiger partial charge < -0.3 is 0 Å². The Labute approximate surface area is 135 Å². The van der Waals surface area contributed by atoms with Gasteiger partial charge in [-0.25, -0.2) is 0 Å². The van der Waals surface area contributed by atoms with Crippen LogP contribution in [0.15, 0.2) is 24.3 Å². The molecule has 0 N–H and O–H groups in total. The second-order valence-electron chi connectivity index (χ2n) is 6.83. The summed E-state index contributed by atoms with van der Waals surface area (Å²) in [6.45, 7) is 6.37. The zero-order valence-corrected chi connectivity index (χ0v) is 14.5. The summed E-state index contributed by atoms with van der Waals surface area (Å²) in [5.41, 5.74) is 2.66. The summed E-state index contributed by atoms with van der Waals surface area (Å²) in [4.78, 5) is 16.6. The van der Waals surface area contributed by atoms with E-state index in [0.29, 0.717) is 5.78 Å². The van der Waals surface area contributed by atoms with Crippen LogP contribution in [0.1, 0.15) is 36.8 Å². The first-order chi connectivity index (χ1) is 10.5. The molecule has 0 aliphatic carbocycles. The number of rotatable bonds is 2. The lowest BCUT2D eigenvalue weighted by molar-refractivity contribution is -0.126. The van der Waals surface area contributed by atoms with E-state index in [1.807, 2.05) is 0 Å². The van der Waals surface area contributed by atoms with Gasteiger partial charge in [-0.1, -0.05) is 35.4 Å². The molecule has 2 fully saturated rings. The van der Waals surface area contributed by atoms with E-state index < -0.39 is 0 Å². The first-order valence-electron chi connectivity index (χ1n) is 8.46. The largest absolute Gasteiger partial charge is 0.297 e. The highest BCUT2D eigenvalue weighted by Crippen LogP contribution is 2.23. The van der Waals surface area contributed by atoms with Crippen molar-refractivity contribution in [3.8, 4) is 0 Å². The molecular formula is C19H30N2O. The molecule has 2 unspecified atom stereocenters. The van der Waals surface area contributed by atoms with Gasteiger partial charge in [0.05, 0.1) is 12.1 Å². The molecule has 2 aliphatic rings. The Morgan fingerprint density at radius 2 is 1.23 bits per heavy atom. The lowest BCUT2D eigenvalue weighted by Crippen LogP contribution is -2.44. The van der Waals surface area contributed by atoms with Crippen molar-refractivity contribution in [2.45, 2.75) is 51.6 Å². The van der Waals surface area contributed by atoms with E-state index in [0.717, 1.165) is 25.9 Å². The minimum atomic E-state index is 0.209. The molecule has 0 amide bonds. The van der Waals surface area contributed by atoms with Crippen LogP contribution in [0.25, 0.3) is 0 Å². The molecule has 0 spiro atoms. The Bertz CT molecular complexity index is 440. The van der Waals surface area contributed by atoms with Crippen molar-refractivity contribution >= 4 is 5.78 Å². The summed E-state index contributed by atoms with van der Waals surface area (Å²) in [6.07, 6.45) is 4.51. The van der Waals surface area contributed by atoms with Crippen LogP contribution in [0.2, 0.25) is 0 Å². The molecule has 2 heterocycles. The fraction of sp³-hybridized carbons (Fsp3) is 0.632. The summed E-state index contributed by atoms with van der Waals surface area (Å²) in [5, 5.41) is 0. The lowest BCUT2D eigenvalue weighted by Gasteiger charge is -2.25. The summed E-state index contributed by atoms with van der Waals surface area (Å²) in [7, 11) is 4.15. The quantitative estimate of drug-likeness (QED) is 0.839. The Hall–Kier alpha value is -1.19. The molecule has 0 bridgehead atoms. The first-order valence-corrected chi connectivity index (χ1v) is 8.46. The minimum absolute atomic E-state index is 0.209. The van der Waals surface area contributed by atoms with Crippen molar-refractivity contribution in [1.29, 1.82) is 0 Å². The van der Waals surface area contributed by atoms with E-state index in [9.17, 15) is 4.79 Å². The number of Topliss-reactive ketones (excluding diaryl/α,β-unsaturated/α-hetero) is 1. The summed E-state index contributed by atoms with van der Waals surface area (Å²) in [6, 6.07) is 8.90. The summed E-state index contributed by atoms with van der Waals surface area (Å²) in [5.74, 6) is 0.463. The number of aryl methyl sites for hydroxylation is 2. The minimum Gasteiger partial charge on any atom is -0.297 e. The van der Waals surface area contributed by atoms with Crippen molar-refractivity contribution in [2.75, 3.05) is 27.2 Å². The Kier molecular flexibility index (Phi) is 6.16. The van der Waals surface area contributed by atoms with E-state index in [-0.39, 0.29) is 12.1 Å². The lowest BCUT2D eigenvalue weighted by atomic mass is 10.0. The van der Waals surface area contributed by atoms with Gasteiger partial charge in [0, 0.05) is 0 Å². The first kappa shape index (κ1) is 17.2. The molecule has 122 valence electrons. The van der Waals surface area contributed by atoms with Crippen LogP contribution in [-0.4, -0.2) is 54.9 Å². The Balaban J connectivity index is 0.000000188. The van der Waals surface area contributed by atoms with Crippen molar-refractivity contribution < 1.29 is 4.79 Å². The number of hydrogen-bond acceptors (Lipinski definition) is 3. The van der Waals surface area contributed by atoms with E-state index in [1.54, 1.807) is 0 Å². The third-order valence-corrected chi connectivity index (χ3v) is 4.92. The molecule has 3 nitrogen and oxygen atoms in total. The van der Waals surface area contributed by atoms with Crippen LogP contribution in [0.3, 0.4) is 0 Å². The maximum atomic E-state index is 12.2. The standard InChI is InChI=1S/C11H20N2O.C8H10/c1-12-7-3-5-9(12)11(14)10-6-4-8-13(10)2;1-7-3-5-8(2)6-4-7/h9-10H,3-8H2,1-2H3;3-6H,1-2H3. The van der Waals surface area contributed by atoms with Gasteiger partial charge in [0.1, 0.15) is 0 Å². The normalized spacial score (nSPS) is 25.8. The average molecular weight is 302 g/mol. The molecule has 2 atom stereocenters. The average Bonchev–Trinajstić information content (AvgIpc) is 3.11. The number of likely N-dealkylation sites (tertiary alicyclic amines) is 2. The smallest absolute Gasteiger partial charge is 0.166 e. The molecule has 1 aromatic rings. The molecule has 0 aromatic heterocycles. The molecule has 3 heteroatoms. The molecule has 22 heavy (non-hydrogen) atoms. The van der Waals surface area contributed by atoms with Crippen LogP contribution in [-0.2, 0) is 4.79 Å². The molecule has 1 aromatic carbocycles. The van der Waals surface area contributed by atoms with Crippen LogP contribution in [0.4, 0.5) is 0 Å². The molecule has 2 saturated heterocycles. The van der Waals surface area contributed by atoms with Gasteiger partial charge in [0.15, 0.2) is 5.78 Å². The number of hydrogen-bond donors (Lipinski definition) is 0. The van der Waals surface area contributed by atoms with Gasteiger partial charge in [0.25, 0.3) is 0 Å². The van der Waals surface area contributed by atoms with Crippen LogP contribution < -0.4 is 0 Å². The van der Waals surface area contributed by atoms with Gasteiger partial charge in [-0.15, -0.1) is 0 Å². The van der Waals surface area contributed by atoms with Crippen molar-refractivity contribution in [3.05, 3.63) is 35.4 Å². The maximum absolute atomic E-state index is 12.2. The van der Waals surface area contributed by atoms with Crippen molar-refractivity contribution in [3.63, 3.8) is 0 Å². The second-order valence-corrected chi connectivity index (χ2v) is 6.83. The van der Waals surface area contributed by atoms with Crippen LogP contribution in [0.5, 0.6) is 0 Å². The predicted molar refractivity (Wildman–Crippen MR) is 92.2 cm³/mol. The molecule has 3 rings (SSSR count). The molecular weight excluding hydrogens is 272 g/mol. The molecule has 0 radical (unpaired) electrons. The highest BCUT2D eigenvalue weighted by Gasteiger charge is 2.36. The summed E-state index contributed by atoms with van der Waals surface area (Å²) < 4.78 is 0. The number of nitrogens with zero attached hydrogens (tertiary/aromatic N) is 2. The van der Waals surface area contributed by atoms with Gasteiger partial charge >= 0.3 is 0 Å². The van der Waals surface area contributed by atoms with Crippen LogP contribution >= 0.6 is 0 Å². The summed E-state index contributed by atoms with van der Waals surface area (Å²) >= 11 is 0. The van der Waals surface area contributed by atoms with E-state index in [1.165, 1.54) is 24.0 Å². The Morgan fingerprint density at radius 1 is 0.864 bits per heavy atom. The SMILES string of the molecule is CN1CCCC1C(=O)C1CCCN1C.Cc1ccc(C)cc1. The number of carbonyl (C=O) groups is 1. The van der Waals surface area contributed by atoms with Gasteiger partial charge in [0.2, 0.25) is 0 Å². The zero-order chi connectivity index (χ0) is 16.1. The van der Waals surface area contributed by atoms with Gasteiger partial charge in [-0.2, -0.15) is 0 Å². The van der Waals surface area contributed by atoms with Gasteiger partial charge in [-0.3, -0.25) is 14.6 Å². The van der Waals surface area contributed by atoms with Gasteiger partial charge in [-0.05, 0) is 66.7 Å². The van der Waals surface area contributed by atoms with E-state index in [4.69, 9.17) is 0 Å². The third kappa shape index (κ3) is 4.40. The topological polar surface area (TPSA) is 23.6 Å². The molecule has 2 aliphatic heterocycles. The Morgan fingerprint density at radius 3 is 1.50 bits per heavy atom. The predicted octanol–water partition coefficient (Wildman–Crippen LogP) is 3.05. The second kappa shape index (κ2) is 7.89. The van der Waals surface area contributed by atoms with E-state index >= 15 is 0 Å². The van der Waals surface area contributed by atoms with Crippen molar-refractivity contribution in [1.82, 2.24) is 9.80 Å². The number of likely N-dealkylation sites (N-methyl/N-ethyl adjacent to an activating group) is 2. The number of carbonyl (C=O) groups excluding carboxylic acids is 1. The highest BCUT2D eigenvalue weighted by molar-refractivity contribution is 5.89. The fourth-order valence-electron chi connectivity index (χ4n) is 3.40. The van der Waals surface area contributed by atoms with Crippen LogP contribution in [0, 0.1) is 13.8 Å².